The highest BCUT2D eigenvalue weighted by Crippen LogP contribution is 2.37. The second kappa shape index (κ2) is 7.45. The summed E-state index contributed by atoms with van der Waals surface area (Å²) in [5, 5.41) is 13.0. The molecule has 0 radical (unpaired) electrons. The highest BCUT2D eigenvalue weighted by atomic mass is 16.5. The molecule has 1 N–H and O–H groups in total. The van der Waals surface area contributed by atoms with E-state index in [1.54, 1.807) is 0 Å². The molecule has 33 heavy (non-hydrogen) atoms. The summed E-state index contributed by atoms with van der Waals surface area (Å²) in [5.41, 5.74) is 6.74. The van der Waals surface area contributed by atoms with Gasteiger partial charge in [-0.05, 0) is 73.7 Å². The molecule has 6 aromatic rings. The number of pyridine rings is 1. The molecular formula is C27H22N4O2. The lowest BCUT2D eigenvalue weighted by Gasteiger charge is -2.08. The van der Waals surface area contributed by atoms with Gasteiger partial charge in [0.15, 0.2) is 6.61 Å². The van der Waals surface area contributed by atoms with Gasteiger partial charge < -0.3 is 14.1 Å². The lowest BCUT2D eigenvalue weighted by Crippen LogP contribution is -1.95. The molecule has 0 atom stereocenters. The average molecular weight is 434 g/mol. The van der Waals surface area contributed by atoms with Crippen molar-refractivity contribution in [1.82, 2.24) is 20.2 Å². The van der Waals surface area contributed by atoms with Crippen LogP contribution >= 0.6 is 0 Å². The van der Waals surface area contributed by atoms with Crippen molar-refractivity contribution in [2.24, 2.45) is 0 Å². The van der Waals surface area contributed by atoms with Gasteiger partial charge in [-0.25, -0.2) is 0 Å². The molecule has 0 saturated heterocycles. The number of aryl methyl sites for hydroxylation is 3. The largest absolute Gasteiger partial charge is 0.484 e. The SMILES string of the molecule is Cc1ccc(-c2nnc(COc3ccc4[nH]c5c(C)c6ccncc6c(C)c5c4c3)o2)cc1. The van der Waals surface area contributed by atoms with Crippen molar-refractivity contribution in [1.29, 1.82) is 0 Å². The van der Waals surface area contributed by atoms with Gasteiger partial charge in [0.05, 0.1) is 5.52 Å². The molecule has 6 rings (SSSR count). The Morgan fingerprint density at radius 2 is 1.73 bits per heavy atom. The van der Waals surface area contributed by atoms with Crippen LogP contribution in [-0.4, -0.2) is 20.2 Å². The number of hydrogen-bond acceptors (Lipinski definition) is 5. The van der Waals surface area contributed by atoms with E-state index in [4.69, 9.17) is 9.15 Å². The van der Waals surface area contributed by atoms with Gasteiger partial charge in [-0.2, -0.15) is 0 Å². The van der Waals surface area contributed by atoms with Crippen LogP contribution in [0.15, 0.2) is 65.3 Å². The standard InChI is InChI=1S/C27H22N4O2/c1-15-4-6-18(7-5-15)27-31-30-24(33-27)14-32-19-8-9-23-21(12-19)25-16(2)22-13-28-11-10-20(22)17(3)26(25)29-23/h4-13,29H,14H2,1-3H3. The number of fused-ring (bicyclic) bond motifs is 4. The van der Waals surface area contributed by atoms with Crippen LogP contribution in [0.1, 0.15) is 22.6 Å². The van der Waals surface area contributed by atoms with Gasteiger partial charge in [0.1, 0.15) is 5.75 Å². The van der Waals surface area contributed by atoms with Gasteiger partial charge in [-0.15, -0.1) is 10.2 Å². The third-order valence-corrected chi connectivity index (χ3v) is 6.28. The summed E-state index contributed by atoms with van der Waals surface area (Å²) < 4.78 is 11.8. The van der Waals surface area contributed by atoms with Gasteiger partial charge >= 0.3 is 0 Å². The Bertz CT molecular complexity index is 1640. The first kappa shape index (κ1) is 19.5. The van der Waals surface area contributed by atoms with Crippen LogP contribution in [0.4, 0.5) is 0 Å². The van der Waals surface area contributed by atoms with Crippen molar-refractivity contribution in [3.8, 4) is 17.2 Å². The summed E-state index contributed by atoms with van der Waals surface area (Å²) in [6.07, 6.45) is 3.79. The Morgan fingerprint density at radius 3 is 2.58 bits per heavy atom. The number of rotatable bonds is 4. The predicted octanol–water partition coefficient (Wildman–Crippen LogP) is 6.42. The zero-order chi connectivity index (χ0) is 22.5. The highest BCUT2D eigenvalue weighted by molar-refractivity contribution is 6.16. The van der Waals surface area contributed by atoms with E-state index in [1.807, 2.05) is 49.6 Å². The van der Waals surface area contributed by atoms with Crippen molar-refractivity contribution in [2.75, 3.05) is 0 Å². The summed E-state index contributed by atoms with van der Waals surface area (Å²) in [6, 6.07) is 16.2. The van der Waals surface area contributed by atoms with Crippen molar-refractivity contribution < 1.29 is 9.15 Å². The van der Waals surface area contributed by atoms with Crippen LogP contribution in [0.5, 0.6) is 5.75 Å². The molecule has 0 saturated carbocycles. The molecule has 0 spiro atoms. The fourth-order valence-corrected chi connectivity index (χ4v) is 4.49. The topological polar surface area (TPSA) is 76.8 Å². The quantitative estimate of drug-likeness (QED) is 0.346. The molecule has 0 amide bonds. The van der Waals surface area contributed by atoms with Crippen LogP contribution in [-0.2, 0) is 6.61 Å². The fourth-order valence-electron chi connectivity index (χ4n) is 4.49. The minimum absolute atomic E-state index is 0.206. The molecule has 6 heteroatoms. The van der Waals surface area contributed by atoms with Gasteiger partial charge in [-0.3, -0.25) is 4.98 Å². The molecule has 3 heterocycles. The van der Waals surface area contributed by atoms with E-state index in [0.717, 1.165) is 27.7 Å². The summed E-state index contributed by atoms with van der Waals surface area (Å²) in [6.45, 7) is 6.55. The minimum Gasteiger partial charge on any atom is -0.484 e. The van der Waals surface area contributed by atoms with Gasteiger partial charge in [0.25, 0.3) is 5.89 Å². The first-order valence-electron chi connectivity index (χ1n) is 10.9. The number of nitrogens with zero attached hydrogens (tertiary/aromatic N) is 3. The Kier molecular flexibility index (Phi) is 4.40. The van der Waals surface area contributed by atoms with Gasteiger partial charge in [0.2, 0.25) is 5.89 Å². The summed E-state index contributed by atoms with van der Waals surface area (Å²) in [4.78, 5) is 7.93. The Hall–Kier alpha value is -4.19. The van der Waals surface area contributed by atoms with E-state index >= 15 is 0 Å². The van der Waals surface area contributed by atoms with Crippen LogP contribution in [0.25, 0.3) is 44.0 Å². The predicted molar refractivity (Wildman–Crippen MR) is 129 cm³/mol. The normalized spacial score (nSPS) is 11.6. The van der Waals surface area contributed by atoms with E-state index in [-0.39, 0.29) is 6.61 Å². The van der Waals surface area contributed by atoms with E-state index in [2.05, 4.69) is 52.2 Å². The smallest absolute Gasteiger partial charge is 0.254 e. The van der Waals surface area contributed by atoms with Crippen LogP contribution in [0.3, 0.4) is 0 Å². The first-order valence-corrected chi connectivity index (χ1v) is 10.9. The number of aromatic amines is 1. The van der Waals surface area contributed by atoms with Crippen LogP contribution in [0, 0.1) is 20.8 Å². The number of hydrogen-bond donors (Lipinski definition) is 1. The summed E-state index contributed by atoms with van der Waals surface area (Å²) >= 11 is 0. The van der Waals surface area contributed by atoms with E-state index in [1.165, 1.54) is 32.8 Å². The molecule has 6 nitrogen and oxygen atoms in total. The second-order valence-corrected chi connectivity index (χ2v) is 8.41. The number of benzene rings is 3. The molecule has 3 aromatic heterocycles. The molecule has 0 aliphatic carbocycles. The molecule has 0 aliphatic rings. The Balaban J connectivity index is 1.33. The number of aromatic nitrogens is 4. The minimum atomic E-state index is 0.206. The third kappa shape index (κ3) is 3.22. The maximum atomic E-state index is 6.02. The number of nitrogens with one attached hydrogen (secondary N) is 1. The van der Waals surface area contributed by atoms with Gasteiger partial charge in [-0.1, -0.05) is 17.7 Å². The molecule has 162 valence electrons. The number of ether oxygens (including phenoxy) is 1. The van der Waals surface area contributed by atoms with Crippen LogP contribution < -0.4 is 4.74 Å². The van der Waals surface area contributed by atoms with Crippen molar-refractivity contribution in [3.63, 3.8) is 0 Å². The Labute approximate surface area is 190 Å². The van der Waals surface area contributed by atoms with E-state index < -0.39 is 0 Å². The van der Waals surface area contributed by atoms with Crippen molar-refractivity contribution >= 4 is 32.6 Å². The molecule has 3 aromatic carbocycles. The zero-order valence-electron chi connectivity index (χ0n) is 18.6. The molecular weight excluding hydrogens is 412 g/mol. The monoisotopic (exact) mass is 434 g/mol. The maximum Gasteiger partial charge on any atom is 0.254 e. The Morgan fingerprint density at radius 1 is 0.879 bits per heavy atom. The van der Waals surface area contributed by atoms with E-state index in [0.29, 0.717) is 11.8 Å². The van der Waals surface area contributed by atoms with Crippen molar-refractivity contribution in [3.05, 3.63) is 83.5 Å². The van der Waals surface area contributed by atoms with Gasteiger partial charge in [0, 0.05) is 39.6 Å². The average Bonchev–Trinajstić information content (AvgIpc) is 3.47. The molecule has 0 bridgehead atoms. The molecule has 0 aliphatic heterocycles. The van der Waals surface area contributed by atoms with E-state index in [9.17, 15) is 0 Å². The molecule has 0 unspecified atom stereocenters. The molecule has 0 fully saturated rings. The van der Waals surface area contributed by atoms with Crippen LogP contribution in [0.2, 0.25) is 0 Å². The maximum absolute atomic E-state index is 6.02. The third-order valence-electron chi connectivity index (χ3n) is 6.28. The lowest BCUT2D eigenvalue weighted by molar-refractivity contribution is 0.265. The number of H-pyrrole nitrogens is 1. The summed E-state index contributed by atoms with van der Waals surface area (Å²) in [7, 11) is 0. The fraction of sp³-hybridized carbons (Fsp3) is 0.148. The highest BCUT2D eigenvalue weighted by Gasteiger charge is 2.15. The second-order valence-electron chi connectivity index (χ2n) is 8.41. The summed E-state index contributed by atoms with van der Waals surface area (Å²) in [5.74, 6) is 1.68. The van der Waals surface area contributed by atoms with Crippen molar-refractivity contribution in [2.45, 2.75) is 27.4 Å². The lowest BCUT2D eigenvalue weighted by atomic mass is 9.97. The first-order chi connectivity index (χ1) is 16.1. The zero-order valence-corrected chi connectivity index (χ0v) is 18.6.